The number of rotatable bonds is 7. The van der Waals surface area contributed by atoms with Crippen LogP contribution >= 0.6 is 24.0 Å². The highest BCUT2D eigenvalue weighted by Crippen LogP contribution is 2.15. The van der Waals surface area contributed by atoms with Gasteiger partial charge in [0.25, 0.3) is 0 Å². The van der Waals surface area contributed by atoms with E-state index in [1.54, 1.807) is 0 Å². The van der Waals surface area contributed by atoms with E-state index in [-0.39, 0.29) is 30.0 Å². The van der Waals surface area contributed by atoms with Gasteiger partial charge in [-0.3, -0.25) is 4.99 Å². The maximum atomic E-state index is 12.1. The normalized spacial score (nSPS) is 12.9. The summed E-state index contributed by atoms with van der Waals surface area (Å²) in [5, 5.41) is 5.96. The lowest BCUT2D eigenvalue weighted by Crippen LogP contribution is -2.37. The molecule has 6 nitrogen and oxygen atoms in total. The lowest BCUT2D eigenvalue weighted by atomic mass is 10.1. The van der Waals surface area contributed by atoms with Gasteiger partial charge in [-0.25, -0.2) is 4.79 Å². The number of aliphatic imine (C=N–C) groups is 1. The maximum Gasteiger partial charge on any atom is 0.408 e. The summed E-state index contributed by atoms with van der Waals surface area (Å²) in [4.78, 5) is 16.5. The second-order valence-corrected chi connectivity index (χ2v) is 7.44. The number of carbonyl (C=O) groups is 1. The van der Waals surface area contributed by atoms with E-state index in [0.29, 0.717) is 18.4 Å². The van der Waals surface area contributed by atoms with Crippen molar-refractivity contribution < 1.29 is 9.53 Å². The van der Waals surface area contributed by atoms with Crippen LogP contribution in [0.5, 0.6) is 0 Å². The first kappa shape index (κ1) is 24.5. The summed E-state index contributed by atoms with van der Waals surface area (Å²) < 4.78 is 5.34. The summed E-state index contributed by atoms with van der Waals surface area (Å²) in [6.45, 7) is 10.9. The third-order valence-electron chi connectivity index (χ3n) is 3.36. The number of carbonyl (C=O) groups excluding carboxylic acids is 1. The second kappa shape index (κ2) is 12.0. The van der Waals surface area contributed by atoms with Crippen LogP contribution in [0.4, 0.5) is 4.79 Å². The number of hydrogen-bond acceptors (Lipinski definition) is 3. The topological polar surface area (TPSA) is 88.7 Å². The average Bonchev–Trinajstić information content (AvgIpc) is 2.50. The molecule has 0 aliphatic carbocycles. The van der Waals surface area contributed by atoms with Crippen molar-refractivity contribution in [2.24, 2.45) is 16.6 Å². The third kappa shape index (κ3) is 11.2. The van der Waals surface area contributed by atoms with Gasteiger partial charge in [-0.1, -0.05) is 44.2 Å². The van der Waals surface area contributed by atoms with Gasteiger partial charge in [0.1, 0.15) is 5.60 Å². The monoisotopic (exact) mass is 476 g/mol. The molecule has 26 heavy (non-hydrogen) atoms. The lowest BCUT2D eigenvalue weighted by Gasteiger charge is -2.23. The van der Waals surface area contributed by atoms with Crippen molar-refractivity contribution in [3.8, 4) is 0 Å². The van der Waals surface area contributed by atoms with Crippen LogP contribution in [0.15, 0.2) is 35.3 Å². The van der Waals surface area contributed by atoms with E-state index in [0.717, 1.165) is 18.5 Å². The SMILES string of the molecule is CC(C)CCNC(N)=NCC(NC(=O)OC(C)(C)C)c1ccccc1.I. The molecule has 0 aromatic heterocycles. The van der Waals surface area contributed by atoms with Crippen molar-refractivity contribution in [3.63, 3.8) is 0 Å². The molecule has 1 aromatic rings. The summed E-state index contributed by atoms with van der Waals surface area (Å²) in [6, 6.07) is 9.36. The Balaban J connectivity index is 0.00000625. The van der Waals surface area contributed by atoms with Gasteiger partial charge >= 0.3 is 6.09 Å². The summed E-state index contributed by atoms with van der Waals surface area (Å²) in [7, 11) is 0. The van der Waals surface area contributed by atoms with Crippen LogP contribution in [0, 0.1) is 5.92 Å². The number of nitrogens with two attached hydrogens (primary N) is 1. The predicted molar refractivity (Wildman–Crippen MR) is 118 cm³/mol. The zero-order valence-corrected chi connectivity index (χ0v) is 18.7. The minimum Gasteiger partial charge on any atom is -0.444 e. The predicted octanol–water partition coefficient (Wildman–Crippen LogP) is 3.82. The van der Waals surface area contributed by atoms with Crippen LogP contribution < -0.4 is 16.4 Å². The Morgan fingerprint density at radius 2 is 1.85 bits per heavy atom. The highest BCUT2D eigenvalue weighted by Gasteiger charge is 2.20. The smallest absolute Gasteiger partial charge is 0.408 e. The molecule has 1 atom stereocenters. The number of amides is 1. The summed E-state index contributed by atoms with van der Waals surface area (Å²) in [5.41, 5.74) is 6.32. The molecule has 1 amide bonds. The zero-order chi connectivity index (χ0) is 18.9. The van der Waals surface area contributed by atoms with Gasteiger partial charge in [-0.15, -0.1) is 24.0 Å². The van der Waals surface area contributed by atoms with E-state index < -0.39 is 11.7 Å². The number of ether oxygens (including phenoxy) is 1. The molecule has 0 aliphatic rings. The van der Waals surface area contributed by atoms with E-state index in [1.165, 1.54) is 0 Å². The number of guanidine groups is 1. The molecule has 1 rings (SSSR count). The van der Waals surface area contributed by atoms with Gasteiger partial charge < -0.3 is 21.1 Å². The number of hydrogen-bond donors (Lipinski definition) is 3. The first-order chi connectivity index (χ1) is 11.7. The molecular weight excluding hydrogens is 443 g/mol. The number of nitrogens with zero attached hydrogens (tertiary/aromatic N) is 1. The Kier molecular flexibility index (Phi) is 11.3. The highest BCUT2D eigenvalue weighted by molar-refractivity contribution is 14.0. The van der Waals surface area contributed by atoms with Crippen molar-refractivity contribution in [2.75, 3.05) is 13.1 Å². The standard InChI is InChI=1S/C19H32N4O2.HI/c1-14(2)11-12-21-17(20)22-13-16(15-9-7-6-8-10-15)23-18(24)25-19(3,4)5;/h6-10,14,16H,11-13H2,1-5H3,(H,23,24)(H3,20,21,22);1H. The minimum atomic E-state index is -0.550. The molecule has 1 unspecified atom stereocenters. The average molecular weight is 476 g/mol. The van der Waals surface area contributed by atoms with Crippen molar-refractivity contribution in [1.29, 1.82) is 0 Å². The van der Waals surface area contributed by atoms with Crippen LogP contribution in [0.3, 0.4) is 0 Å². The molecule has 0 fully saturated rings. The fraction of sp³-hybridized carbons (Fsp3) is 0.579. The summed E-state index contributed by atoms with van der Waals surface area (Å²) in [5.74, 6) is 0.985. The fourth-order valence-electron chi connectivity index (χ4n) is 2.10. The van der Waals surface area contributed by atoms with Crippen LogP contribution in [-0.2, 0) is 4.74 Å². The van der Waals surface area contributed by atoms with Crippen LogP contribution in [0.25, 0.3) is 0 Å². The molecule has 7 heteroatoms. The summed E-state index contributed by atoms with van der Waals surface area (Å²) in [6.07, 6.45) is 0.553. The van der Waals surface area contributed by atoms with E-state index in [4.69, 9.17) is 10.5 Å². The fourth-order valence-corrected chi connectivity index (χ4v) is 2.10. The molecule has 0 radical (unpaired) electrons. The molecule has 0 saturated heterocycles. The lowest BCUT2D eigenvalue weighted by molar-refractivity contribution is 0.0505. The molecule has 0 bridgehead atoms. The third-order valence-corrected chi connectivity index (χ3v) is 3.36. The Hall–Kier alpha value is -1.51. The number of nitrogens with one attached hydrogen (secondary N) is 2. The molecular formula is C19H33IN4O2. The Morgan fingerprint density at radius 3 is 2.38 bits per heavy atom. The quantitative estimate of drug-likeness (QED) is 0.317. The van der Waals surface area contributed by atoms with Gasteiger partial charge in [0, 0.05) is 6.54 Å². The van der Waals surface area contributed by atoms with E-state index in [2.05, 4.69) is 29.5 Å². The Bertz CT molecular complexity index is 556. The number of alkyl carbamates (subject to hydrolysis) is 1. The van der Waals surface area contributed by atoms with E-state index >= 15 is 0 Å². The molecule has 0 saturated carbocycles. The molecule has 0 heterocycles. The van der Waals surface area contributed by atoms with Gasteiger partial charge in [-0.05, 0) is 38.7 Å². The molecule has 4 N–H and O–H groups in total. The second-order valence-electron chi connectivity index (χ2n) is 7.44. The van der Waals surface area contributed by atoms with Crippen LogP contribution in [0.2, 0.25) is 0 Å². The maximum absolute atomic E-state index is 12.1. The van der Waals surface area contributed by atoms with Crippen molar-refractivity contribution in [2.45, 2.75) is 52.7 Å². The van der Waals surface area contributed by atoms with Crippen LogP contribution in [0.1, 0.15) is 52.6 Å². The van der Waals surface area contributed by atoms with Gasteiger partial charge in [0.15, 0.2) is 5.96 Å². The van der Waals surface area contributed by atoms with Crippen molar-refractivity contribution in [3.05, 3.63) is 35.9 Å². The largest absolute Gasteiger partial charge is 0.444 e. The number of benzene rings is 1. The van der Waals surface area contributed by atoms with Gasteiger partial charge in [-0.2, -0.15) is 0 Å². The summed E-state index contributed by atoms with van der Waals surface area (Å²) >= 11 is 0. The molecule has 1 aromatic carbocycles. The number of halogens is 1. The highest BCUT2D eigenvalue weighted by atomic mass is 127. The zero-order valence-electron chi connectivity index (χ0n) is 16.4. The van der Waals surface area contributed by atoms with E-state index in [1.807, 2.05) is 51.1 Å². The minimum absolute atomic E-state index is 0. The molecule has 148 valence electrons. The molecule has 0 spiro atoms. The molecule has 0 aliphatic heterocycles. The van der Waals surface area contributed by atoms with Crippen molar-refractivity contribution >= 4 is 36.0 Å². The Labute approximate surface area is 174 Å². The first-order valence-corrected chi connectivity index (χ1v) is 8.75. The van der Waals surface area contributed by atoms with E-state index in [9.17, 15) is 4.79 Å². The van der Waals surface area contributed by atoms with Gasteiger partial charge in [0.05, 0.1) is 12.6 Å². The van der Waals surface area contributed by atoms with Gasteiger partial charge in [0.2, 0.25) is 0 Å². The first-order valence-electron chi connectivity index (χ1n) is 8.75. The van der Waals surface area contributed by atoms with Crippen molar-refractivity contribution in [1.82, 2.24) is 10.6 Å². The Morgan fingerprint density at radius 1 is 1.23 bits per heavy atom. The van der Waals surface area contributed by atoms with Crippen LogP contribution in [-0.4, -0.2) is 30.7 Å².